The van der Waals surface area contributed by atoms with E-state index in [1.807, 2.05) is 44.4 Å². The Bertz CT molecular complexity index is 1830. The fourth-order valence-electron chi connectivity index (χ4n) is 9.62. The van der Waals surface area contributed by atoms with Crippen molar-refractivity contribution in [3.63, 3.8) is 0 Å². The molecule has 5 atom stereocenters. The van der Waals surface area contributed by atoms with Crippen molar-refractivity contribution in [2.45, 2.75) is 81.8 Å². The highest BCUT2D eigenvalue weighted by Crippen LogP contribution is 2.47. The van der Waals surface area contributed by atoms with Crippen LogP contribution in [0, 0.1) is 17.8 Å². The molecule has 1 aliphatic carbocycles. The lowest BCUT2D eigenvalue weighted by Crippen LogP contribution is -2.65. The number of sulfonamides is 1. The molecule has 2 saturated heterocycles. The van der Waals surface area contributed by atoms with Gasteiger partial charge in [0.1, 0.15) is 18.0 Å². The highest BCUT2D eigenvalue weighted by Gasteiger charge is 2.49. The molecule has 4 aliphatic heterocycles. The highest BCUT2D eigenvalue weighted by atomic mass is 35.5. The van der Waals surface area contributed by atoms with Gasteiger partial charge in [0, 0.05) is 77.2 Å². The average Bonchev–Trinajstić information content (AvgIpc) is 3.18. The van der Waals surface area contributed by atoms with Gasteiger partial charge in [0.2, 0.25) is 10.0 Å². The summed E-state index contributed by atoms with van der Waals surface area (Å²) in [6.07, 6.45) is 10.1. The molecule has 11 nitrogen and oxygen atoms in total. The van der Waals surface area contributed by atoms with Crippen LogP contribution in [0.4, 0.5) is 5.69 Å². The lowest BCUT2D eigenvalue weighted by molar-refractivity contribution is -0.146. The molecule has 2 bridgehead atoms. The Hall–Kier alpha value is -2.71. The van der Waals surface area contributed by atoms with Crippen molar-refractivity contribution >= 4 is 33.2 Å². The Labute approximate surface area is 339 Å². The standard InChI is InChI=1S/C43H61ClN4O7S/c1-31-8-7-17-43(53-4,28-46-19-21-48(22-20-46)42(2)29-54-30-42)37-14-11-34(37)26-47-18-6-5-9-32-24-36(44)13-10-35(32)27-55-39-15-12-33(25-38(39)47)41(49)45-56(50,51)40(31)16-23-52-3/h7,10,12-13,15,17,24-25,31,34,37,40H,5-6,8-9,11,14,16,18-23,26-30H2,1-4H3,(H,45,49)/b17-7+/t31-,34-,37+,40+,43-/m0/s1. The first kappa shape index (κ1) is 41.4. The van der Waals surface area contributed by atoms with Crippen LogP contribution < -0.4 is 14.4 Å². The maximum atomic E-state index is 14.1. The zero-order chi connectivity index (χ0) is 39.5. The van der Waals surface area contributed by atoms with Crippen molar-refractivity contribution in [3.05, 3.63) is 70.3 Å². The van der Waals surface area contributed by atoms with E-state index in [-0.39, 0.29) is 36.0 Å². The number of halogens is 1. The smallest absolute Gasteiger partial charge is 0.264 e. The first-order valence-electron chi connectivity index (χ1n) is 20.6. The maximum Gasteiger partial charge on any atom is 0.264 e. The van der Waals surface area contributed by atoms with Crippen molar-refractivity contribution in [2.75, 3.05) is 84.8 Å². The van der Waals surface area contributed by atoms with Crippen molar-refractivity contribution < 1.29 is 32.2 Å². The molecule has 5 aliphatic rings. The van der Waals surface area contributed by atoms with Crippen LogP contribution in [0.2, 0.25) is 5.02 Å². The predicted molar refractivity (Wildman–Crippen MR) is 220 cm³/mol. The minimum atomic E-state index is -4.07. The summed E-state index contributed by atoms with van der Waals surface area (Å²) in [6, 6.07) is 11.3. The highest BCUT2D eigenvalue weighted by molar-refractivity contribution is 7.90. The number of benzene rings is 2. The number of nitrogens with zero attached hydrogens (tertiary/aromatic N) is 3. The molecule has 13 heteroatoms. The number of ether oxygens (including phenoxy) is 4. The predicted octanol–water partition coefficient (Wildman–Crippen LogP) is 5.94. The minimum Gasteiger partial charge on any atom is -0.487 e. The third-order valence-corrected chi connectivity index (χ3v) is 15.5. The topological polar surface area (TPSA) is 110 Å². The number of anilines is 1. The number of rotatable bonds is 7. The van der Waals surface area contributed by atoms with Crippen molar-refractivity contribution in [1.82, 2.24) is 14.5 Å². The monoisotopic (exact) mass is 812 g/mol. The maximum absolute atomic E-state index is 14.1. The lowest BCUT2D eigenvalue weighted by atomic mass is 9.63. The summed E-state index contributed by atoms with van der Waals surface area (Å²) >= 11 is 6.43. The number of allylic oxidation sites excluding steroid dienone is 1. The van der Waals surface area contributed by atoms with Crippen LogP contribution in [0.1, 0.15) is 73.9 Å². The molecule has 56 heavy (non-hydrogen) atoms. The van der Waals surface area contributed by atoms with Crippen molar-refractivity contribution in [3.8, 4) is 5.75 Å². The quantitative estimate of drug-likeness (QED) is 0.338. The number of aryl methyl sites for hydroxylation is 1. The van der Waals surface area contributed by atoms with Gasteiger partial charge < -0.3 is 23.8 Å². The van der Waals surface area contributed by atoms with Gasteiger partial charge in [0.05, 0.1) is 29.7 Å². The number of fused-ring (bicyclic) bond motifs is 3. The molecule has 308 valence electrons. The first-order valence-corrected chi connectivity index (χ1v) is 22.5. The molecule has 2 aromatic carbocycles. The molecule has 0 radical (unpaired) electrons. The Morgan fingerprint density at radius 3 is 2.50 bits per heavy atom. The van der Waals surface area contributed by atoms with Gasteiger partial charge >= 0.3 is 0 Å². The van der Waals surface area contributed by atoms with E-state index in [2.05, 4.69) is 38.5 Å². The van der Waals surface area contributed by atoms with Gasteiger partial charge in [-0.2, -0.15) is 0 Å². The summed E-state index contributed by atoms with van der Waals surface area (Å²) < 4.78 is 54.8. The van der Waals surface area contributed by atoms with Gasteiger partial charge in [0.15, 0.2) is 0 Å². The van der Waals surface area contributed by atoms with Crippen LogP contribution in [-0.2, 0) is 37.3 Å². The fraction of sp³-hybridized carbons (Fsp3) is 0.651. The molecule has 1 amide bonds. The van der Waals surface area contributed by atoms with Crippen LogP contribution in [0.25, 0.3) is 0 Å². The molecular weight excluding hydrogens is 752 g/mol. The summed E-state index contributed by atoms with van der Waals surface area (Å²) in [6.45, 7) is 12.6. The van der Waals surface area contributed by atoms with E-state index >= 15 is 0 Å². The number of hydrogen-bond acceptors (Lipinski definition) is 10. The Morgan fingerprint density at radius 2 is 1.80 bits per heavy atom. The van der Waals surface area contributed by atoms with Gasteiger partial charge in [-0.1, -0.05) is 36.7 Å². The third kappa shape index (κ3) is 8.96. The van der Waals surface area contributed by atoms with Gasteiger partial charge in [0.25, 0.3) is 5.91 Å². The zero-order valence-corrected chi connectivity index (χ0v) is 35.2. The molecular formula is C43H61ClN4O7S. The van der Waals surface area contributed by atoms with Crippen molar-refractivity contribution in [2.24, 2.45) is 17.8 Å². The van der Waals surface area contributed by atoms with E-state index in [1.54, 1.807) is 13.2 Å². The molecule has 1 saturated carbocycles. The number of carbonyl (C=O) groups is 1. The number of piperazine rings is 1. The molecule has 0 spiro atoms. The molecule has 2 aromatic rings. The van der Waals surface area contributed by atoms with E-state index in [9.17, 15) is 13.2 Å². The van der Waals surface area contributed by atoms with Crippen LogP contribution in [0.5, 0.6) is 5.75 Å². The van der Waals surface area contributed by atoms with E-state index in [0.29, 0.717) is 29.7 Å². The van der Waals surface area contributed by atoms with E-state index in [4.69, 9.17) is 30.5 Å². The van der Waals surface area contributed by atoms with Crippen LogP contribution in [0.3, 0.4) is 0 Å². The SMILES string of the molecule is COCC[C@@H]1[C@@H](C)C/C=C/[C@@](CN2CCN(C3(C)COC3)CC2)(OC)[C@@H]2CC[C@H]2CN2CCCCc3cc(Cl)ccc3COc3ccc(cc32)C(=O)NS1(=O)=O. The number of nitrogens with one attached hydrogen (secondary N) is 1. The van der Waals surface area contributed by atoms with Gasteiger partial charge in [-0.25, -0.2) is 13.1 Å². The molecule has 7 rings (SSSR count). The fourth-order valence-corrected chi connectivity index (χ4v) is 11.5. The minimum absolute atomic E-state index is 0.125. The Balaban J connectivity index is 1.24. The summed E-state index contributed by atoms with van der Waals surface area (Å²) in [5.74, 6) is 0.319. The van der Waals surface area contributed by atoms with E-state index in [1.165, 1.54) is 5.56 Å². The van der Waals surface area contributed by atoms with Crippen LogP contribution in [0.15, 0.2) is 48.6 Å². The molecule has 4 heterocycles. The van der Waals surface area contributed by atoms with Gasteiger partial charge in [-0.15, -0.1) is 0 Å². The van der Waals surface area contributed by atoms with Gasteiger partial charge in [-0.05, 0) is 111 Å². The normalized spacial score (nSPS) is 30.6. The summed E-state index contributed by atoms with van der Waals surface area (Å²) in [5.41, 5.74) is 2.92. The number of methoxy groups -OCH3 is 2. The summed E-state index contributed by atoms with van der Waals surface area (Å²) in [4.78, 5) is 21.4. The second kappa shape index (κ2) is 17.6. The average molecular weight is 814 g/mol. The second-order valence-electron chi connectivity index (χ2n) is 17.1. The van der Waals surface area contributed by atoms with E-state index in [0.717, 1.165) is 102 Å². The van der Waals surface area contributed by atoms with Crippen molar-refractivity contribution in [1.29, 1.82) is 0 Å². The summed E-state index contributed by atoms with van der Waals surface area (Å²) in [7, 11) is -0.658. The number of carbonyl (C=O) groups excluding carboxylic acids is 1. The third-order valence-electron chi connectivity index (χ3n) is 13.3. The number of hydrogen-bond donors (Lipinski definition) is 1. The molecule has 3 fully saturated rings. The molecule has 1 N–H and O–H groups in total. The molecule has 0 unspecified atom stereocenters. The molecule has 0 aromatic heterocycles. The number of amides is 1. The van der Waals surface area contributed by atoms with Crippen LogP contribution >= 0.6 is 11.6 Å². The lowest BCUT2D eigenvalue weighted by Gasteiger charge is -2.53. The largest absolute Gasteiger partial charge is 0.487 e. The Kier molecular flexibility index (Phi) is 13.1. The summed E-state index contributed by atoms with van der Waals surface area (Å²) in [5, 5.41) is -0.124. The van der Waals surface area contributed by atoms with Gasteiger partial charge in [-0.3, -0.25) is 14.6 Å². The second-order valence-corrected chi connectivity index (χ2v) is 19.4. The zero-order valence-electron chi connectivity index (χ0n) is 33.6. The Morgan fingerprint density at radius 1 is 1.00 bits per heavy atom. The van der Waals surface area contributed by atoms with Crippen LogP contribution in [-0.4, -0.2) is 120 Å². The van der Waals surface area contributed by atoms with E-state index < -0.39 is 26.8 Å². The first-order chi connectivity index (χ1) is 26.9.